The third-order valence-electron chi connectivity index (χ3n) is 6.48. The van der Waals surface area contributed by atoms with Crippen molar-refractivity contribution in [3.63, 3.8) is 0 Å². The summed E-state index contributed by atoms with van der Waals surface area (Å²) in [7, 11) is 0. The molecule has 1 aromatic rings. The number of aryl methyl sites for hydroxylation is 2. The van der Waals surface area contributed by atoms with Gasteiger partial charge in [0.1, 0.15) is 11.9 Å². The number of piperidine rings is 1. The van der Waals surface area contributed by atoms with Crippen LogP contribution in [0.5, 0.6) is 0 Å². The molecule has 6 nitrogen and oxygen atoms in total. The first kappa shape index (κ1) is 17.0. The number of amides is 1. The maximum atomic E-state index is 12.6. The van der Waals surface area contributed by atoms with Gasteiger partial charge in [0.15, 0.2) is 0 Å². The largest absolute Gasteiger partial charge is 0.368 e. The minimum absolute atomic E-state index is 0.184. The van der Waals surface area contributed by atoms with Gasteiger partial charge in [-0.3, -0.25) is 9.69 Å². The quantitative estimate of drug-likeness (QED) is 0.840. The van der Waals surface area contributed by atoms with Gasteiger partial charge in [-0.15, -0.1) is 0 Å². The Morgan fingerprint density at radius 3 is 2.64 bits per heavy atom. The smallest absolute Gasteiger partial charge is 0.251 e. The molecule has 1 unspecified atom stereocenters. The van der Waals surface area contributed by atoms with E-state index in [1.807, 2.05) is 18.7 Å². The average molecular weight is 347 g/mol. The van der Waals surface area contributed by atoms with Crippen molar-refractivity contribution >= 4 is 5.91 Å². The van der Waals surface area contributed by atoms with Gasteiger partial charge in [-0.2, -0.15) is 0 Å². The Kier molecular flexibility index (Phi) is 4.58. The topological polar surface area (TPSA) is 58.8 Å². The van der Waals surface area contributed by atoms with Gasteiger partial charge in [0, 0.05) is 37.3 Å². The normalized spacial score (nSPS) is 26.6. The third-order valence-corrected chi connectivity index (χ3v) is 6.48. The molecule has 0 radical (unpaired) electrons. The Hall–Kier alpha value is -1.40. The first-order valence-electron chi connectivity index (χ1n) is 9.66. The number of nitrogens with zero attached hydrogens (tertiary/aromatic N) is 3. The summed E-state index contributed by atoms with van der Waals surface area (Å²) in [4.78, 5) is 17.3. The molecule has 3 aliphatic rings. The molecule has 4 rings (SSSR count). The van der Waals surface area contributed by atoms with Crippen molar-refractivity contribution in [2.75, 3.05) is 26.2 Å². The predicted octanol–water partition coefficient (Wildman–Crippen LogP) is 2.43. The third kappa shape index (κ3) is 3.10. The van der Waals surface area contributed by atoms with E-state index in [0.29, 0.717) is 0 Å². The molecular weight excluding hydrogens is 318 g/mol. The molecule has 138 valence electrons. The van der Waals surface area contributed by atoms with Gasteiger partial charge in [0.05, 0.1) is 5.69 Å². The second kappa shape index (κ2) is 6.72. The van der Waals surface area contributed by atoms with E-state index >= 15 is 0 Å². The summed E-state index contributed by atoms with van der Waals surface area (Å²) < 4.78 is 10.9. The molecule has 3 fully saturated rings. The summed E-state index contributed by atoms with van der Waals surface area (Å²) >= 11 is 0. The molecule has 0 aliphatic carbocycles. The molecule has 1 amide bonds. The number of rotatable bonds is 3. The van der Waals surface area contributed by atoms with E-state index in [2.05, 4.69) is 10.1 Å². The molecule has 1 aromatic heterocycles. The Labute approximate surface area is 149 Å². The molecule has 1 atom stereocenters. The van der Waals surface area contributed by atoms with Gasteiger partial charge in [0.2, 0.25) is 0 Å². The van der Waals surface area contributed by atoms with Crippen LogP contribution >= 0.6 is 0 Å². The lowest BCUT2D eigenvalue weighted by Gasteiger charge is -2.45. The number of hydrogen-bond donors (Lipinski definition) is 0. The number of carbonyl (C=O) groups excluding carboxylic acids is 1. The van der Waals surface area contributed by atoms with E-state index in [9.17, 15) is 4.79 Å². The Balaban J connectivity index is 1.41. The zero-order valence-corrected chi connectivity index (χ0v) is 15.4. The van der Waals surface area contributed by atoms with Gasteiger partial charge >= 0.3 is 0 Å². The van der Waals surface area contributed by atoms with E-state index in [1.54, 1.807) is 0 Å². The maximum absolute atomic E-state index is 12.6. The van der Waals surface area contributed by atoms with Crippen LogP contribution in [-0.2, 0) is 16.1 Å². The zero-order chi connectivity index (χ0) is 17.4. The lowest BCUT2D eigenvalue weighted by atomic mass is 9.84. The van der Waals surface area contributed by atoms with Crippen LogP contribution in [0.1, 0.15) is 55.5 Å². The van der Waals surface area contributed by atoms with Crippen molar-refractivity contribution in [1.29, 1.82) is 0 Å². The fraction of sp³-hybridized carbons (Fsp3) is 0.789. The highest BCUT2D eigenvalue weighted by Gasteiger charge is 2.44. The van der Waals surface area contributed by atoms with Crippen LogP contribution in [0, 0.1) is 13.8 Å². The van der Waals surface area contributed by atoms with Crippen LogP contribution in [0.2, 0.25) is 0 Å². The van der Waals surface area contributed by atoms with E-state index in [-0.39, 0.29) is 17.6 Å². The van der Waals surface area contributed by atoms with Gasteiger partial charge in [-0.1, -0.05) is 5.16 Å². The van der Waals surface area contributed by atoms with Crippen LogP contribution < -0.4 is 0 Å². The van der Waals surface area contributed by atoms with Crippen molar-refractivity contribution in [2.45, 2.75) is 70.6 Å². The van der Waals surface area contributed by atoms with E-state index in [0.717, 1.165) is 69.9 Å². The van der Waals surface area contributed by atoms with E-state index in [4.69, 9.17) is 9.26 Å². The first-order valence-corrected chi connectivity index (χ1v) is 9.66. The molecule has 1 spiro atoms. The van der Waals surface area contributed by atoms with Crippen LogP contribution in [-0.4, -0.2) is 58.7 Å². The number of aromatic nitrogens is 1. The summed E-state index contributed by atoms with van der Waals surface area (Å²) in [6.07, 6.45) is 6.32. The number of likely N-dealkylation sites (tertiary alicyclic amines) is 2. The molecular formula is C19H29N3O3. The molecule has 3 saturated heterocycles. The summed E-state index contributed by atoms with van der Waals surface area (Å²) in [5.74, 6) is 1.15. The SMILES string of the molecule is Cc1noc(C)c1CN1CCCC12CCN(C(=O)C1CCCO1)CC2. The first-order chi connectivity index (χ1) is 12.1. The summed E-state index contributed by atoms with van der Waals surface area (Å²) in [5.41, 5.74) is 2.48. The van der Waals surface area contributed by atoms with Crippen molar-refractivity contribution in [1.82, 2.24) is 15.0 Å². The lowest BCUT2D eigenvalue weighted by molar-refractivity contribution is -0.143. The minimum atomic E-state index is -0.184. The van der Waals surface area contributed by atoms with Crippen molar-refractivity contribution in [3.05, 3.63) is 17.0 Å². The molecule has 25 heavy (non-hydrogen) atoms. The molecule has 0 aromatic carbocycles. The monoisotopic (exact) mass is 347 g/mol. The van der Waals surface area contributed by atoms with Crippen molar-refractivity contribution in [2.24, 2.45) is 0 Å². The van der Waals surface area contributed by atoms with Crippen molar-refractivity contribution < 1.29 is 14.1 Å². The van der Waals surface area contributed by atoms with Gasteiger partial charge in [-0.25, -0.2) is 0 Å². The van der Waals surface area contributed by atoms with Gasteiger partial charge in [-0.05, 0) is 58.9 Å². The number of hydrogen-bond acceptors (Lipinski definition) is 5. The van der Waals surface area contributed by atoms with E-state index in [1.165, 1.54) is 18.4 Å². The Bertz CT molecular complexity index is 608. The predicted molar refractivity (Wildman–Crippen MR) is 93.1 cm³/mol. The maximum Gasteiger partial charge on any atom is 0.251 e. The van der Waals surface area contributed by atoms with Crippen molar-refractivity contribution in [3.8, 4) is 0 Å². The zero-order valence-electron chi connectivity index (χ0n) is 15.4. The van der Waals surface area contributed by atoms with Crippen LogP contribution in [0.4, 0.5) is 0 Å². The Morgan fingerprint density at radius 1 is 1.20 bits per heavy atom. The second-order valence-electron chi connectivity index (χ2n) is 7.88. The highest BCUT2D eigenvalue weighted by Crippen LogP contribution is 2.40. The summed E-state index contributed by atoms with van der Waals surface area (Å²) in [5, 5.41) is 4.10. The summed E-state index contributed by atoms with van der Waals surface area (Å²) in [6.45, 7) is 8.52. The highest BCUT2D eigenvalue weighted by atomic mass is 16.5. The molecule has 3 aliphatic heterocycles. The Morgan fingerprint density at radius 2 is 2.00 bits per heavy atom. The van der Waals surface area contributed by atoms with Gasteiger partial charge in [0.25, 0.3) is 5.91 Å². The lowest BCUT2D eigenvalue weighted by Crippen LogP contribution is -2.54. The molecule has 0 saturated carbocycles. The van der Waals surface area contributed by atoms with Crippen LogP contribution in [0.25, 0.3) is 0 Å². The average Bonchev–Trinajstić information content (AvgIpc) is 3.34. The van der Waals surface area contributed by atoms with E-state index < -0.39 is 0 Å². The fourth-order valence-corrected chi connectivity index (χ4v) is 4.85. The molecule has 4 heterocycles. The van der Waals surface area contributed by atoms with Crippen LogP contribution in [0.3, 0.4) is 0 Å². The standard InChI is InChI=1S/C19H29N3O3/c1-14-16(15(2)25-20-14)13-22-9-4-6-19(22)7-10-21(11-8-19)18(23)17-5-3-12-24-17/h17H,3-13H2,1-2H3. The minimum Gasteiger partial charge on any atom is -0.368 e. The molecule has 0 bridgehead atoms. The summed E-state index contributed by atoms with van der Waals surface area (Å²) in [6, 6.07) is 0. The number of carbonyl (C=O) groups is 1. The van der Waals surface area contributed by atoms with Crippen LogP contribution in [0.15, 0.2) is 4.52 Å². The van der Waals surface area contributed by atoms with Gasteiger partial charge < -0.3 is 14.2 Å². The molecule has 6 heteroatoms. The molecule has 0 N–H and O–H groups in total. The fourth-order valence-electron chi connectivity index (χ4n) is 4.85. The number of ether oxygens (including phenoxy) is 1. The second-order valence-corrected chi connectivity index (χ2v) is 7.88. The highest BCUT2D eigenvalue weighted by molar-refractivity contribution is 5.81.